The van der Waals surface area contributed by atoms with E-state index in [4.69, 9.17) is 58.0 Å². The Kier molecular flexibility index (Phi) is 7.69. The summed E-state index contributed by atoms with van der Waals surface area (Å²) in [5.41, 5.74) is 1.05. The molecule has 0 saturated heterocycles. The SMILES string of the molecule is CC(=O)Nc1cccc(NC(=O)c2cc(NC(=O)C3C(c4cc(Cl)cc(Cl)c4)C3(Cl)Cl)ccc2Cl)n1. The number of nitrogens with one attached hydrogen (secondary N) is 3. The smallest absolute Gasteiger partial charge is 0.258 e. The maximum atomic E-state index is 13.0. The molecule has 3 amide bonds. The molecule has 2 aromatic carbocycles. The molecule has 0 aliphatic heterocycles. The summed E-state index contributed by atoms with van der Waals surface area (Å²) in [6.07, 6.45) is 0. The Hall–Kier alpha value is -2.55. The van der Waals surface area contributed by atoms with Crippen LogP contribution in [0, 0.1) is 5.92 Å². The van der Waals surface area contributed by atoms with E-state index in [0.717, 1.165) is 0 Å². The summed E-state index contributed by atoms with van der Waals surface area (Å²) in [4.78, 5) is 41.3. The van der Waals surface area contributed by atoms with Crippen molar-refractivity contribution in [2.45, 2.75) is 17.2 Å². The first kappa shape index (κ1) is 26.5. The van der Waals surface area contributed by atoms with Crippen LogP contribution in [0.2, 0.25) is 15.1 Å². The van der Waals surface area contributed by atoms with Gasteiger partial charge in [0, 0.05) is 28.6 Å². The molecule has 3 aromatic rings. The fourth-order valence-corrected chi connectivity index (χ4v) is 5.33. The van der Waals surface area contributed by atoms with Gasteiger partial charge in [-0.05, 0) is 54.1 Å². The first-order valence-corrected chi connectivity index (χ1v) is 12.3. The van der Waals surface area contributed by atoms with Crippen LogP contribution < -0.4 is 16.0 Å². The molecule has 186 valence electrons. The van der Waals surface area contributed by atoms with Crippen molar-refractivity contribution in [3.05, 3.63) is 80.8 Å². The van der Waals surface area contributed by atoms with E-state index >= 15 is 0 Å². The lowest BCUT2D eigenvalue weighted by molar-refractivity contribution is -0.117. The maximum absolute atomic E-state index is 13.0. The number of pyridine rings is 1. The highest BCUT2D eigenvalue weighted by Crippen LogP contribution is 2.65. The average Bonchev–Trinajstić information content (AvgIpc) is 3.36. The van der Waals surface area contributed by atoms with E-state index in [1.54, 1.807) is 42.5 Å². The number of carbonyl (C=O) groups excluding carboxylic acids is 3. The van der Waals surface area contributed by atoms with Crippen LogP contribution in [0.4, 0.5) is 17.3 Å². The highest BCUT2D eigenvalue weighted by Gasteiger charge is 2.67. The van der Waals surface area contributed by atoms with E-state index in [9.17, 15) is 14.4 Å². The van der Waals surface area contributed by atoms with Gasteiger partial charge in [-0.2, -0.15) is 0 Å². The second-order valence-electron chi connectivity index (χ2n) is 8.06. The number of alkyl halides is 2. The molecular formula is C24H17Cl5N4O3. The molecule has 1 fully saturated rings. The molecule has 1 aromatic heterocycles. The van der Waals surface area contributed by atoms with Gasteiger partial charge < -0.3 is 16.0 Å². The minimum Gasteiger partial charge on any atom is -0.326 e. The Bertz CT molecular complexity index is 1360. The number of hydrogen-bond donors (Lipinski definition) is 3. The van der Waals surface area contributed by atoms with Gasteiger partial charge in [-0.25, -0.2) is 4.98 Å². The number of halogens is 5. The molecule has 0 spiro atoms. The minimum atomic E-state index is -1.35. The van der Waals surface area contributed by atoms with Crippen LogP contribution in [0.5, 0.6) is 0 Å². The molecule has 1 aliphatic carbocycles. The van der Waals surface area contributed by atoms with E-state index in [2.05, 4.69) is 20.9 Å². The van der Waals surface area contributed by atoms with Crippen molar-refractivity contribution in [3.63, 3.8) is 0 Å². The zero-order valence-corrected chi connectivity index (χ0v) is 22.2. The van der Waals surface area contributed by atoms with Gasteiger partial charge in [0.1, 0.15) is 16.0 Å². The number of hydrogen-bond acceptors (Lipinski definition) is 4. The molecule has 2 unspecified atom stereocenters. The topological polar surface area (TPSA) is 100 Å². The molecule has 3 N–H and O–H groups in total. The van der Waals surface area contributed by atoms with Crippen molar-refractivity contribution in [3.8, 4) is 0 Å². The lowest BCUT2D eigenvalue weighted by Gasteiger charge is -2.11. The monoisotopic (exact) mass is 584 g/mol. The van der Waals surface area contributed by atoms with Crippen LogP contribution in [-0.4, -0.2) is 27.0 Å². The Morgan fingerprint density at radius 2 is 1.50 bits per heavy atom. The summed E-state index contributed by atoms with van der Waals surface area (Å²) in [6.45, 7) is 1.35. The molecule has 0 radical (unpaired) electrons. The van der Waals surface area contributed by atoms with Crippen molar-refractivity contribution in [2.24, 2.45) is 5.92 Å². The van der Waals surface area contributed by atoms with E-state index in [1.807, 2.05) is 0 Å². The molecule has 2 atom stereocenters. The molecule has 1 saturated carbocycles. The largest absolute Gasteiger partial charge is 0.326 e. The number of anilines is 3. The van der Waals surface area contributed by atoms with Gasteiger partial charge >= 0.3 is 0 Å². The molecule has 7 nitrogen and oxygen atoms in total. The maximum Gasteiger partial charge on any atom is 0.258 e. The second kappa shape index (κ2) is 10.4. The van der Waals surface area contributed by atoms with Crippen LogP contribution in [0.3, 0.4) is 0 Å². The Balaban J connectivity index is 1.49. The summed E-state index contributed by atoms with van der Waals surface area (Å²) in [7, 11) is 0. The molecule has 1 heterocycles. The third kappa shape index (κ3) is 5.88. The third-order valence-electron chi connectivity index (χ3n) is 5.35. The molecule has 12 heteroatoms. The Morgan fingerprint density at radius 1 is 0.861 bits per heavy atom. The molecule has 1 aliphatic rings. The van der Waals surface area contributed by atoms with Crippen LogP contribution in [0.25, 0.3) is 0 Å². The van der Waals surface area contributed by atoms with Crippen molar-refractivity contribution in [1.29, 1.82) is 0 Å². The highest BCUT2D eigenvalue weighted by atomic mass is 35.5. The fourth-order valence-electron chi connectivity index (χ4n) is 3.76. The van der Waals surface area contributed by atoms with Gasteiger partial charge in [-0.3, -0.25) is 14.4 Å². The third-order valence-corrected chi connectivity index (χ3v) is 7.06. The van der Waals surface area contributed by atoms with Crippen LogP contribution in [0.15, 0.2) is 54.6 Å². The van der Waals surface area contributed by atoms with Gasteiger partial charge in [0.05, 0.1) is 16.5 Å². The van der Waals surface area contributed by atoms with Crippen molar-refractivity contribution in [2.75, 3.05) is 16.0 Å². The van der Waals surface area contributed by atoms with Gasteiger partial charge in [-0.15, -0.1) is 23.2 Å². The van der Waals surface area contributed by atoms with Crippen molar-refractivity contribution in [1.82, 2.24) is 4.98 Å². The number of aromatic nitrogens is 1. The predicted octanol–water partition coefficient (Wildman–Crippen LogP) is 6.78. The predicted molar refractivity (Wildman–Crippen MR) is 144 cm³/mol. The summed E-state index contributed by atoms with van der Waals surface area (Å²) in [5.74, 6) is -2.13. The zero-order chi connectivity index (χ0) is 26.2. The Labute approximate surface area is 231 Å². The normalized spacial score (nSPS) is 17.7. The number of rotatable bonds is 6. The van der Waals surface area contributed by atoms with Gasteiger partial charge in [-0.1, -0.05) is 40.9 Å². The molecular weight excluding hydrogens is 570 g/mol. The number of amides is 3. The average molecular weight is 587 g/mol. The fraction of sp³-hybridized carbons (Fsp3) is 0.167. The van der Waals surface area contributed by atoms with Crippen LogP contribution >= 0.6 is 58.0 Å². The summed E-state index contributed by atoms with van der Waals surface area (Å²) in [6, 6.07) is 14.1. The van der Waals surface area contributed by atoms with Crippen molar-refractivity contribution < 1.29 is 14.4 Å². The van der Waals surface area contributed by atoms with Crippen molar-refractivity contribution >= 4 is 93.0 Å². The number of benzene rings is 2. The zero-order valence-electron chi connectivity index (χ0n) is 18.4. The van der Waals surface area contributed by atoms with Crippen LogP contribution in [-0.2, 0) is 9.59 Å². The summed E-state index contributed by atoms with van der Waals surface area (Å²) < 4.78 is -1.35. The highest BCUT2D eigenvalue weighted by molar-refractivity contribution is 6.53. The van der Waals surface area contributed by atoms with Gasteiger partial charge in [0.25, 0.3) is 5.91 Å². The lowest BCUT2D eigenvalue weighted by Crippen LogP contribution is -2.18. The summed E-state index contributed by atoms with van der Waals surface area (Å²) >= 11 is 31.2. The lowest BCUT2D eigenvalue weighted by atomic mass is 10.1. The van der Waals surface area contributed by atoms with Gasteiger partial charge in [0.2, 0.25) is 11.8 Å². The number of carbonyl (C=O) groups is 3. The van der Waals surface area contributed by atoms with E-state index in [-0.39, 0.29) is 28.1 Å². The quantitative estimate of drug-likeness (QED) is 0.277. The number of nitrogens with zero attached hydrogens (tertiary/aromatic N) is 1. The first-order valence-electron chi connectivity index (χ1n) is 10.5. The van der Waals surface area contributed by atoms with E-state index in [1.165, 1.54) is 19.1 Å². The molecule has 0 bridgehead atoms. The second-order valence-corrected chi connectivity index (χ2v) is 10.8. The molecule has 4 rings (SSSR count). The molecule has 36 heavy (non-hydrogen) atoms. The van der Waals surface area contributed by atoms with Gasteiger partial charge in [0.15, 0.2) is 0 Å². The Morgan fingerprint density at radius 3 is 2.14 bits per heavy atom. The van der Waals surface area contributed by atoms with Crippen LogP contribution in [0.1, 0.15) is 28.8 Å². The first-order chi connectivity index (χ1) is 17.0. The summed E-state index contributed by atoms with van der Waals surface area (Å²) in [5, 5.41) is 8.84. The van der Waals surface area contributed by atoms with E-state index in [0.29, 0.717) is 21.3 Å². The van der Waals surface area contributed by atoms with E-state index < -0.39 is 28.0 Å². The standard InChI is InChI=1S/C24H17Cl5N4O3/c1-11(34)30-18-3-2-4-19(32-18)33-22(35)16-10-15(5-6-17(16)27)31-23(36)21-20(24(21,28)29)12-7-13(25)9-14(26)8-12/h2-10,20-21H,1H3,(H,31,36)(H2,30,32,33,34,35). The minimum absolute atomic E-state index is 0.0955.